The third-order valence-electron chi connectivity index (χ3n) is 4.06. The number of nitrogens with one attached hydrogen (secondary N) is 2. The largest absolute Gasteiger partial charge is 0.376 e. The Bertz CT molecular complexity index is 476. The van der Waals surface area contributed by atoms with Crippen molar-refractivity contribution < 1.29 is 9.59 Å². The zero-order valence-corrected chi connectivity index (χ0v) is 12.7. The maximum atomic E-state index is 11.8. The van der Waals surface area contributed by atoms with Gasteiger partial charge in [-0.3, -0.25) is 9.59 Å². The van der Waals surface area contributed by atoms with E-state index in [9.17, 15) is 9.59 Å². The number of amides is 1. The molecule has 1 fully saturated rings. The Hall–Kier alpha value is -1.84. The Balaban J connectivity index is 1.69. The van der Waals surface area contributed by atoms with Crippen molar-refractivity contribution in [1.82, 2.24) is 5.32 Å². The zero-order valence-electron chi connectivity index (χ0n) is 12.7. The van der Waals surface area contributed by atoms with E-state index >= 15 is 0 Å². The summed E-state index contributed by atoms with van der Waals surface area (Å²) in [4.78, 5) is 23.0. The Morgan fingerprint density at radius 2 is 1.76 bits per heavy atom. The number of rotatable bonds is 6. The first-order chi connectivity index (χ1) is 10.1. The third kappa shape index (κ3) is 5.21. The second kappa shape index (κ2) is 7.81. The van der Waals surface area contributed by atoms with E-state index in [0.717, 1.165) is 12.2 Å². The highest BCUT2D eigenvalue weighted by Crippen LogP contribution is 2.22. The summed E-state index contributed by atoms with van der Waals surface area (Å²) in [6.45, 7) is 2.61. The topological polar surface area (TPSA) is 58.2 Å². The molecule has 1 aliphatic rings. The predicted molar refractivity (Wildman–Crippen MR) is 84.5 cm³/mol. The fourth-order valence-corrected chi connectivity index (χ4v) is 2.72. The molecule has 0 radical (unpaired) electrons. The standard InChI is InChI=1S/C17H24N2O2/c1-13(20)15-7-9-16(10-8-15)18-12-17(21)19-11-14-5-3-2-4-6-14/h7-10,14,18H,2-6,11-12H2,1H3,(H,19,21). The van der Waals surface area contributed by atoms with E-state index in [0.29, 0.717) is 11.5 Å². The smallest absolute Gasteiger partial charge is 0.239 e. The van der Waals surface area contributed by atoms with Crippen LogP contribution in [0, 0.1) is 5.92 Å². The number of anilines is 1. The second-order valence-electron chi connectivity index (χ2n) is 5.80. The van der Waals surface area contributed by atoms with Gasteiger partial charge in [-0.1, -0.05) is 19.3 Å². The van der Waals surface area contributed by atoms with Gasteiger partial charge in [0.15, 0.2) is 5.78 Å². The molecule has 0 aromatic heterocycles. The number of carbonyl (C=O) groups is 2. The van der Waals surface area contributed by atoms with Gasteiger partial charge in [-0.05, 0) is 49.9 Å². The molecule has 2 N–H and O–H groups in total. The number of hydrogen-bond donors (Lipinski definition) is 2. The molecule has 0 bridgehead atoms. The molecule has 1 aliphatic carbocycles. The van der Waals surface area contributed by atoms with Crippen LogP contribution >= 0.6 is 0 Å². The molecule has 0 unspecified atom stereocenters. The predicted octanol–water partition coefficient (Wildman–Crippen LogP) is 3.00. The van der Waals surface area contributed by atoms with Crippen molar-refractivity contribution in [3.63, 3.8) is 0 Å². The van der Waals surface area contributed by atoms with E-state index in [1.807, 2.05) is 12.1 Å². The maximum Gasteiger partial charge on any atom is 0.239 e. The molecule has 4 heteroatoms. The molecule has 4 nitrogen and oxygen atoms in total. The summed E-state index contributed by atoms with van der Waals surface area (Å²) in [5.41, 5.74) is 1.54. The average molecular weight is 288 g/mol. The highest BCUT2D eigenvalue weighted by Gasteiger charge is 2.14. The lowest BCUT2D eigenvalue weighted by molar-refractivity contribution is -0.119. The number of benzene rings is 1. The summed E-state index contributed by atoms with van der Waals surface area (Å²) in [5, 5.41) is 6.07. The summed E-state index contributed by atoms with van der Waals surface area (Å²) in [6, 6.07) is 7.19. The molecule has 0 spiro atoms. The number of Topliss-reactive ketones (excluding diaryl/α,β-unsaturated/α-hetero) is 1. The van der Waals surface area contributed by atoms with E-state index in [-0.39, 0.29) is 18.2 Å². The molecular formula is C17H24N2O2. The minimum atomic E-state index is 0.0243. The summed E-state index contributed by atoms with van der Waals surface area (Å²) >= 11 is 0. The van der Waals surface area contributed by atoms with E-state index in [2.05, 4.69) is 10.6 Å². The van der Waals surface area contributed by atoms with Crippen LogP contribution < -0.4 is 10.6 Å². The highest BCUT2D eigenvalue weighted by atomic mass is 16.2. The fourth-order valence-electron chi connectivity index (χ4n) is 2.72. The molecule has 0 saturated heterocycles. The number of ketones is 1. The number of hydrogen-bond acceptors (Lipinski definition) is 3. The average Bonchev–Trinajstić information content (AvgIpc) is 2.52. The maximum absolute atomic E-state index is 11.8. The first kappa shape index (κ1) is 15.5. The second-order valence-corrected chi connectivity index (χ2v) is 5.80. The van der Waals surface area contributed by atoms with Crippen molar-refractivity contribution in [2.75, 3.05) is 18.4 Å². The van der Waals surface area contributed by atoms with Gasteiger partial charge < -0.3 is 10.6 Å². The van der Waals surface area contributed by atoms with Crippen molar-refractivity contribution in [2.45, 2.75) is 39.0 Å². The van der Waals surface area contributed by atoms with Gasteiger partial charge in [-0.2, -0.15) is 0 Å². The monoisotopic (exact) mass is 288 g/mol. The van der Waals surface area contributed by atoms with Crippen LogP contribution in [0.5, 0.6) is 0 Å². The summed E-state index contributed by atoms with van der Waals surface area (Å²) in [5.74, 6) is 0.723. The molecule has 0 aliphatic heterocycles. The van der Waals surface area contributed by atoms with Crippen LogP contribution in [0.25, 0.3) is 0 Å². The molecule has 114 valence electrons. The Kier molecular flexibility index (Phi) is 5.78. The summed E-state index contributed by atoms with van der Waals surface area (Å²) in [6.07, 6.45) is 6.39. The van der Waals surface area contributed by atoms with Gasteiger partial charge in [0.05, 0.1) is 6.54 Å². The van der Waals surface area contributed by atoms with Crippen LogP contribution in [0.15, 0.2) is 24.3 Å². The summed E-state index contributed by atoms with van der Waals surface area (Å²) in [7, 11) is 0. The van der Waals surface area contributed by atoms with Crippen molar-refractivity contribution >= 4 is 17.4 Å². The lowest BCUT2D eigenvalue weighted by Gasteiger charge is -2.21. The molecule has 2 rings (SSSR count). The Morgan fingerprint density at radius 3 is 2.38 bits per heavy atom. The highest BCUT2D eigenvalue weighted by molar-refractivity contribution is 5.94. The lowest BCUT2D eigenvalue weighted by atomic mass is 9.89. The first-order valence-corrected chi connectivity index (χ1v) is 7.77. The molecule has 1 amide bonds. The molecule has 21 heavy (non-hydrogen) atoms. The van der Waals surface area contributed by atoms with Gasteiger partial charge in [0, 0.05) is 17.8 Å². The molecular weight excluding hydrogens is 264 g/mol. The van der Waals surface area contributed by atoms with Gasteiger partial charge in [-0.25, -0.2) is 0 Å². The first-order valence-electron chi connectivity index (χ1n) is 7.77. The van der Waals surface area contributed by atoms with Crippen LogP contribution in [0.2, 0.25) is 0 Å². The Morgan fingerprint density at radius 1 is 1.10 bits per heavy atom. The van der Waals surface area contributed by atoms with Crippen LogP contribution in [0.1, 0.15) is 49.4 Å². The molecule has 0 heterocycles. The quantitative estimate of drug-likeness (QED) is 0.791. The molecule has 1 aromatic rings. The third-order valence-corrected chi connectivity index (χ3v) is 4.06. The summed E-state index contributed by atoms with van der Waals surface area (Å²) < 4.78 is 0. The van der Waals surface area contributed by atoms with Crippen LogP contribution in [-0.4, -0.2) is 24.8 Å². The van der Waals surface area contributed by atoms with Gasteiger partial charge in [0.25, 0.3) is 0 Å². The van der Waals surface area contributed by atoms with Crippen molar-refractivity contribution in [3.8, 4) is 0 Å². The van der Waals surface area contributed by atoms with Gasteiger partial charge >= 0.3 is 0 Å². The lowest BCUT2D eigenvalue weighted by Crippen LogP contribution is -2.34. The fraction of sp³-hybridized carbons (Fsp3) is 0.529. The normalized spacial score (nSPS) is 15.5. The van der Waals surface area contributed by atoms with Crippen LogP contribution in [0.4, 0.5) is 5.69 Å². The van der Waals surface area contributed by atoms with E-state index in [1.54, 1.807) is 19.1 Å². The van der Waals surface area contributed by atoms with E-state index < -0.39 is 0 Å². The Labute approximate surface area is 126 Å². The zero-order chi connectivity index (χ0) is 15.1. The van der Waals surface area contributed by atoms with Gasteiger partial charge in [0.1, 0.15) is 0 Å². The SMILES string of the molecule is CC(=O)c1ccc(NCC(=O)NCC2CCCCC2)cc1. The number of carbonyl (C=O) groups excluding carboxylic acids is 2. The molecule has 1 aromatic carbocycles. The van der Waals surface area contributed by atoms with Crippen molar-refractivity contribution in [2.24, 2.45) is 5.92 Å². The molecule has 1 saturated carbocycles. The van der Waals surface area contributed by atoms with Crippen LogP contribution in [0.3, 0.4) is 0 Å². The minimum Gasteiger partial charge on any atom is -0.376 e. The van der Waals surface area contributed by atoms with Crippen molar-refractivity contribution in [3.05, 3.63) is 29.8 Å². The van der Waals surface area contributed by atoms with Gasteiger partial charge in [-0.15, -0.1) is 0 Å². The minimum absolute atomic E-state index is 0.0243. The van der Waals surface area contributed by atoms with E-state index in [1.165, 1.54) is 32.1 Å². The van der Waals surface area contributed by atoms with Gasteiger partial charge in [0.2, 0.25) is 5.91 Å². The van der Waals surface area contributed by atoms with E-state index in [4.69, 9.17) is 0 Å². The van der Waals surface area contributed by atoms with Crippen LogP contribution in [-0.2, 0) is 4.79 Å². The molecule has 0 atom stereocenters. The van der Waals surface area contributed by atoms with Crippen molar-refractivity contribution in [1.29, 1.82) is 0 Å².